The lowest BCUT2D eigenvalue weighted by Gasteiger charge is -2.26. The number of hydrogen-bond acceptors (Lipinski definition) is 2. The maximum atomic E-state index is 13.5. The van der Waals surface area contributed by atoms with E-state index in [1.807, 2.05) is 0 Å². The van der Waals surface area contributed by atoms with Gasteiger partial charge in [0.2, 0.25) is 5.82 Å². The molecule has 1 amide bonds. The zero-order chi connectivity index (χ0) is 15.0. The van der Waals surface area contributed by atoms with Crippen LogP contribution in [0.15, 0.2) is 0 Å². The number of ketones is 1. The monoisotopic (exact) mass is 293 g/mol. The third-order valence-electron chi connectivity index (χ3n) is 2.96. The van der Waals surface area contributed by atoms with Gasteiger partial charge in [-0.1, -0.05) is 0 Å². The Morgan fingerprint density at radius 1 is 0.900 bits per heavy atom. The molecule has 2 rings (SSSR count). The Hall–Kier alpha value is -1.99. The van der Waals surface area contributed by atoms with Crippen LogP contribution >= 0.6 is 0 Å². The molecule has 8 heteroatoms. The number of amides is 1. The van der Waals surface area contributed by atoms with E-state index in [2.05, 4.69) is 0 Å². The van der Waals surface area contributed by atoms with Crippen LogP contribution in [-0.4, -0.2) is 29.7 Å². The highest BCUT2D eigenvalue weighted by Crippen LogP contribution is 2.24. The standard InChI is InChI=1S/C12H8F5NO2/c13-7-6(8(14)10(16)11(17)9(7)15)12(20)18-3-1-2-5(19)4-18/h1-4H2. The Kier molecular flexibility index (Phi) is 3.74. The molecule has 0 spiro atoms. The van der Waals surface area contributed by atoms with E-state index in [1.54, 1.807) is 0 Å². The van der Waals surface area contributed by atoms with E-state index in [1.165, 1.54) is 0 Å². The molecule has 0 saturated carbocycles. The first-order chi connectivity index (χ1) is 9.34. The minimum atomic E-state index is -2.33. The lowest BCUT2D eigenvalue weighted by molar-refractivity contribution is -0.121. The van der Waals surface area contributed by atoms with Gasteiger partial charge in [0.15, 0.2) is 29.1 Å². The number of piperidine rings is 1. The quantitative estimate of drug-likeness (QED) is 0.452. The fourth-order valence-corrected chi connectivity index (χ4v) is 1.96. The number of benzene rings is 1. The number of rotatable bonds is 1. The number of likely N-dealkylation sites (tertiary alicyclic amines) is 1. The lowest BCUT2D eigenvalue weighted by Crippen LogP contribution is -2.41. The summed E-state index contributed by atoms with van der Waals surface area (Å²) in [5.74, 6) is -12.8. The van der Waals surface area contributed by atoms with Gasteiger partial charge in [-0.2, -0.15) is 0 Å². The summed E-state index contributed by atoms with van der Waals surface area (Å²) < 4.78 is 65.8. The van der Waals surface area contributed by atoms with Crippen LogP contribution in [0.1, 0.15) is 23.2 Å². The van der Waals surface area contributed by atoms with Crippen molar-refractivity contribution in [3.05, 3.63) is 34.6 Å². The highest BCUT2D eigenvalue weighted by molar-refractivity contribution is 5.97. The predicted molar refractivity (Wildman–Crippen MR) is 56.4 cm³/mol. The molecule has 0 atom stereocenters. The Balaban J connectivity index is 2.47. The maximum absolute atomic E-state index is 13.5. The van der Waals surface area contributed by atoms with Crippen molar-refractivity contribution in [2.45, 2.75) is 12.8 Å². The van der Waals surface area contributed by atoms with Crippen molar-refractivity contribution >= 4 is 11.7 Å². The number of Topliss-reactive ketones (excluding diaryl/α,β-unsaturated/α-hetero) is 1. The minimum Gasteiger partial charge on any atom is -0.331 e. The van der Waals surface area contributed by atoms with Gasteiger partial charge in [0.1, 0.15) is 5.56 Å². The first-order valence-corrected chi connectivity index (χ1v) is 5.67. The molecule has 1 fully saturated rings. The third-order valence-corrected chi connectivity index (χ3v) is 2.96. The van der Waals surface area contributed by atoms with E-state index < -0.39 is 47.1 Å². The zero-order valence-electron chi connectivity index (χ0n) is 9.98. The molecule has 1 aromatic rings. The normalized spacial score (nSPS) is 15.7. The second-order valence-electron chi connectivity index (χ2n) is 4.31. The van der Waals surface area contributed by atoms with Crippen LogP contribution in [0.25, 0.3) is 0 Å². The van der Waals surface area contributed by atoms with Gasteiger partial charge in [-0.25, -0.2) is 22.0 Å². The summed E-state index contributed by atoms with van der Waals surface area (Å²) >= 11 is 0. The molecular weight excluding hydrogens is 285 g/mol. The Bertz CT molecular complexity index is 573. The lowest BCUT2D eigenvalue weighted by atomic mass is 10.1. The molecule has 0 N–H and O–H groups in total. The summed E-state index contributed by atoms with van der Waals surface area (Å²) in [6, 6.07) is 0. The highest BCUT2D eigenvalue weighted by atomic mass is 19.2. The summed E-state index contributed by atoms with van der Waals surface area (Å²) in [6.07, 6.45) is 0.487. The maximum Gasteiger partial charge on any atom is 0.260 e. The van der Waals surface area contributed by atoms with Gasteiger partial charge in [0.25, 0.3) is 5.91 Å². The smallest absolute Gasteiger partial charge is 0.260 e. The van der Waals surface area contributed by atoms with Gasteiger partial charge in [0, 0.05) is 13.0 Å². The summed E-state index contributed by atoms with van der Waals surface area (Å²) in [6.45, 7) is -0.387. The Morgan fingerprint density at radius 2 is 1.40 bits per heavy atom. The fraction of sp³-hybridized carbons (Fsp3) is 0.333. The molecule has 3 nitrogen and oxygen atoms in total. The molecule has 0 radical (unpaired) electrons. The van der Waals surface area contributed by atoms with Crippen LogP contribution in [-0.2, 0) is 4.79 Å². The van der Waals surface area contributed by atoms with Crippen molar-refractivity contribution in [3.63, 3.8) is 0 Å². The first kappa shape index (κ1) is 14.4. The topological polar surface area (TPSA) is 37.4 Å². The molecular formula is C12H8F5NO2. The minimum absolute atomic E-state index is 0.0179. The first-order valence-electron chi connectivity index (χ1n) is 5.67. The second-order valence-corrected chi connectivity index (χ2v) is 4.31. The number of carbonyl (C=O) groups excluding carboxylic acids is 2. The molecule has 0 unspecified atom stereocenters. The average molecular weight is 293 g/mol. The number of carbonyl (C=O) groups is 2. The predicted octanol–water partition coefficient (Wildman–Crippen LogP) is 2.19. The fourth-order valence-electron chi connectivity index (χ4n) is 1.96. The van der Waals surface area contributed by atoms with Crippen molar-refractivity contribution in [2.24, 2.45) is 0 Å². The largest absolute Gasteiger partial charge is 0.331 e. The van der Waals surface area contributed by atoms with E-state index in [-0.39, 0.29) is 25.2 Å². The molecule has 1 aromatic carbocycles. The van der Waals surface area contributed by atoms with Crippen molar-refractivity contribution in [1.29, 1.82) is 0 Å². The van der Waals surface area contributed by atoms with Gasteiger partial charge < -0.3 is 4.90 Å². The molecule has 108 valence electrons. The van der Waals surface area contributed by atoms with Crippen LogP contribution < -0.4 is 0 Å². The second kappa shape index (κ2) is 5.18. The van der Waals surface area contributed by atoms with Crippen LogP contribution in [0.4, 0.5) is 22.0 Å². The third kappa shape index (κ3) is 2.25. The van der Waals surface area contributed by atoms with Crippen molar-refractivity contribution in [2.75, 3.05) is 13.1 Å². The van der Waals surface area contributed by atoms with Crippen molar-refractivity contribution in [1.82, 2.24) is 4.90 Å². The Morgan fingerprint density at radius 3 is 1.90 bits per heavy atom. The average Bonchev–Trinajstić information content (AvgIpc) is 2.43. The summed E-state index contributed by atoms with van der Waals surface area (Å²) in [7, 11) is 0. The van der Waals surface area contributed by atoms with Crippen LogP contribution in [0, 0.1) is 29.1 Å². The van der Waals surface area contributed by atoms with Crippen molar-refractivity contribution in [3.8, 4) is 0 Å². The zero-order valence-corrected chi connectivity index (χ0v) is 9.98. The molecule has 1 heterocycles. The molecule has 1 aliphatic heterocycles. The van der Waals surface area contributed by atoms with Crippen LogP contribution in [0.2, 0.25) is 0 Å². The van der Waals surface area contributed by atoms with Gasteiger partial charge in [-0.15, -0.1) is 0 Å². The molecule has 1 aliphatic rings. The van der Waals surface area contributed by atoms with Crippen LogP contribution in [0.3, 0.4) is 0 Å². The summed E-state index contributed by atoms with van der Waals surface area (Å²) in [5.41, 5.74) is -1.53. The highest BCUT2D eigenvalue weighted by Gasteiger charge is 2.33. The van der Waals surface area contributed by atoms with E-state index in [0.29, 0.717) is 0 Å². The van der Waals surface area contributed by atoms with E-state index >= 15 is 0 Å². The van der Waals surface area contributed by atoms with Crippen molar-refractivity contribution < 1.29 is 31.5 Å². The van der Waals surface area contributed by atoms with Gasteiger partial charge in [0.05, 0.1) is 6.54 Å². The number of halogens is 5. The molecule has 0 aliphatic carbocycles. The summed E-state index contributed by atoms with van der Waals surface area (Å²) in [4.78, 5) is 23.8. The van der Waals surface area contributed by atoms with E-state index in [4.69, 9.17) is 0 Å². The molecule has 1 saturated heterocycles. The van der Waals surface area contributed by atoms with Gasteiger partial charge >= 0.3 is 0 Å². The Labute approximate surface area is 110 Å². The molecule has 20 heavy (non-hydrogen) atoms. The van der Waals surface area contributed by atoms with E-state index in [0.717, 1.165) is 4.90 Å². The number of hydrogen-bond donors (Lipinski definition) is 0. The van der Waals surface area contributed by atoms with Gasteiger partial charge in [-0.05, 0) is 6.42 Å². The van der Waals surface area contributed by atoms with Gasteiger partial charge in [-0.3, -0.25) is 9.59 Å². The van der Waals surface area contributed by atoms with Crippen LogP contribution in [0.5, 0.6) is 0 Å². The SMILES string of the molecule is O=C1CCCN(C(=O)c2c(F)c(F)c(F)c(F)c2F)C1. The molecule has 0 aromatic heterocycles. The molecule has 0 bridgehead atoms. The van der Waals surface area contributed by atoms with E-state index in [9.17, 15) is 31.5 Å². The number of nitrogens with zero attached hydrogens (tertiary/aromatic N) is 1. The summed E-state index contributed by atoms with van der Waals surface area (Å²) in [5, 5.41) is 0.